The van der Waals surface area contributed by atoms with Crippen LogP contribution in [0.4, 0.5) is 17.6 Å². The molecule has 0 heterocycles. The maximum absolute atomic E-state index is 14.1. The Morgan fingerprint density at radius 1 is 1.22 bits per heavy atom. The first-order chi connectivity index (χ1) is 12.6. The van der Waals surface area contributed by atoms with Crippen LogP contribution in [-0.2, 0) is 21.9 Å². The molecule has 1 fully saturated rings. The summed E-state index contributed by atoms with van der Waals surface area (Å²) in [7, 11) is 0. The van der Waals surface area contributed by atoms with Crippen molar-refractivity contribution in [1.82, 2.24) is 0 Å². The number of rotatable bonds is 6. The number of halogens is 5. The minimum absolute atomic E-state index is 0.0889. The Bertz CT molecular complexity index is 822. The molecule has 0 saturated heterocycles. The fourth-order valence-corrected chi connectivity index (χ4v) is 3.67. The molecule has 0 aliphatic heterocycles. The Hall–Kier alpha value is -1.72. The molecule has 146 valence electrons. The number of nitriles is 1. The monoisotopic (exact) mass is 421 g/mol. The van der Waals surface area contributed by atoms with Gasteiger partial charge in [-0.1, -0.05) is 31.5 Å². The summed E-state index contributed by atoms with van der Waals surface area (Å²) in [4.78, 5) is 12.2. The van der Waals surface area contributed by atoms with Crippen molar-refractivity contribution in [2.45, 2.75) is 26.2 Å². The van der Waals surface area contributed by atoms with Gasteiger partial charge < -0.3 is 4.74 Å². The quantitative estimate of drug-likeness (QED) is 0.278. The van der Waals surface area contributed by atoms with E-state index in [-0.39, 0.29) is 16.7 Å². The molecule has 0 spiro atoms. The summed E-state index contributed by atoms with van der Waals surface area (Å²) < 4.78 is 61.0. The molecule has 1 aromatic rings. The second-order valence-corrected chi connectivity index (χ2v) is 7.98. The molecule has 2 rings (SSSR count). The molecule has 2 unspecified atom stereocenters. The zero-order valence-electron chi connectivity index (χ0n) is 14.7. The minimum Gasteiger partial charge on any atom is -0.460 e. The SMILES string of the molecule is CSCc1c(F)c(F)c(COC(=O)C2C(/C=C(/Cl)C#N)C2(C)C)c(F)c1F. The molecule has 27 heavy (non-hydrogen) atoms. The second-order valence-electron chi connectivity index (χ2n) is 6.70. The van der Waals surface area contributed by atoms with Crippen LogP contribution in [0.15, 0.2) is 11.1 Å². The first-order valence-corrected chi connectivity index (χ1v) is 9.61. The molecular weight excluding hydrogens is 406 g/mol. The van der Waals surface area contributed by atoms with E-state index < -0.39 is 58.3 Å². The van der Waals surface area contributed by atoms with Gasteiger partial charge in [0, 0.05) is 11.3 Å². The molecule has 0 bridgehead atoms. The van der Waals surface area contributed by atoms with Crippen LogP contribution in [0.25, 0.3) is 0 Å². The molecule has 1 saturated carbocycles. The van der Waals surface area contributed by atoms with Gasteiger partial charge in [0.05, 0.1) is 11.5 Å². The normalized spacial score (nSPS) is 20.9. The van der Waals surface area contributed by atoms with Crippen molar-refractivity contribution in [2.75, 3.05) is 6.26 Å². The Morgan fingerprint density at radius 2 is 1.74 bits per heavy atom. The highest BCUT2D eigenvalue weighted by Gasteiger charge is 2.61. The smallest absolute Gasteiger partial charge is 0.310 e. The molecular formula is C18H16ClF4NO2S. The lowest BCUT2D eigenvalue weighted by atomic mass is 10.1. The molecule has 3 nitrogen and oxygen atoms in total. The lowest BCUT2D eigenvalue weighted by Gasteiger charge is -2.12. The number of nitrogens with zero attached hydrogens (tertiary/aromatic N) is 1. The first-order valence-electron chi connectivity index (χ1n) is 7.84. The number of carbonyl (C=O) groups is 1. The van der Waals surface area contributed by atoms with Gasteiger partial charge in [-0.15, -0.1) is 0 Å². The maximum atomic E-state index is 14.1. The van der Waals surface area contributed by atoms with E-state index in [4.69, 9.17) is 21.6 Å². The van der Waals surface area contributed by atoms with E-state index in [0.717, 1.165) is 11.8 Å². The fraction of sp³-hybridized carbons (Fsp3) is 0.444. The summed E-state index contributed by atoms with van der Waals surface area (Å²) in [6.45, 7) is 2.53. The van der Waals surface area contributed by atoms with Crippen molar-refractivity contribution in [3.8, 4) is 6.07 Å². The number of carbonyl (C=O) groups excluding carboxylic acids is 1. The fourth-order valence-electron chi connectivity index (χ4n) is 2.99. The van der Waals surface area contributed by atoms with Gasteiger partial charge in [0.1, 0.15) is 17.7 Å². The van der Waals surface area contributed by atoms with E-state index in [9.17, 15) is 22.4 Å². The lowest BCUT2D eigenvalue weighted by Crippen LogP contribution is -2.14. The molecule has 1 aliphatic carbocycles. The van der Waals surface area contributed by atoms with Gasteiger partial charge in [-0.3, -0.25) is 4.79 Å². The standard InChI is InChI=1S/C18H16ClF4NO2S/c1-18(2)11(4-8(19)5-24)12(18)17(25)26-6-9-13(20)15(22)10(7-27-3)16(23)14(9)21/h4,11-12H,6-7H2,1-3H3/b8-4+. The summed E-state index contributed by atoms with van der Waals surface area (Å²) in [5.41, 5.74) is -2.25. The molecule has 9 heteroatoms. The van der Waals surface area contributed by atoms with Crippen LogP contribution < -0.4 is 0 Å². The highest BCUT2D eigenvalue weighted by molar-refractivity contribution is 7.97. The number of ether oxygens (including phenoxy) is 1. The Morgan fingerprint density at radius 3 is 2.22 bits per heavy atom. The predicted molar refractivity (Wildman–Crippen MR) is 93.6 cm³/mol. The molecule has 0 aromatic heterocycles. The number of hydrogen-bond acceptors (Lipinski definition) is 4. The third-order valence-corrected chi connectivity index (χ3v) is 5.48. The first kappa shape index (κ1) is 21.6. The van der Waals surface area contributed by atoms with E-state index in [1.165, 1.54) is 12.3 Å². The molecule has 0 radical (unpaired) electrons. The van der Waals surface area contributed by atoms with Gasteiger partial charge in [-0.05, 0) is 17.6 Å². The summed E-state index contributed by atoms with van der Waals surface area (Å²) in [6.07, 6.45) is 2.94. The second kappa shape index (κ2) is 8.11. The van der Waals surface area contributed by atoms with Gasteiger partial charge in [0.15, 0.2) is 23.3 Å². The van der Waals surface area contributed by atoms with Crippen molar-refractivity contribution in [1.29, 1.82) is 5.26 Å². The average molecular weight is 422 g/mol. The van der Waals surface area contributed by atoms with Crippen LogP contribution in [0.3, 0.4) is 0 Å². The van der Waals surface area contributed by atoms with Gasteiger partial charge in [0.25, 0.3) is 0 Å². The van der Waals surface area contributed by atoms with Crippen LogP contribution >= 0.6 is 23.4 Å². The van der Waals surface area contributed by atoms with Crippen molar-refractivity contribution >= 4 is 29.3 Å². The topological polar surface area (TPSA) is 50.1 Å². The molecule has 2 atom stereocenters. The van der Waals surface area contributed by atoms with Crippen LogP contribution in [0, 0.1) is 51.9 Å². The minimum atomic E-state index is -1.58. The van der Waals surface area contributed by atoms with E-state index >= 15 is 0 Å². The van der Waals surface area contributed by atoms with Crippen LogP contribution in [0.5, 0.6) is 0 Å². The zero-order chi connectivity index (χ0) is 20.5. The lowest BCUT2D eigenvalue weighted by molar-refractivity contribution is -0.147. The van der Waals surface area contributed by atoms with Crippen molar-refractivity contribution in [2.24, 2.45) is 17.3 Å². The zero-order valence-corrected chi connectivity index (χ0v) is 16.3. The van der Waals surface area contributed by atoms with Crippen molar-refractivity contribution in [3.63, 3.8) is 0 Å². The van der Waals surface area contributed by atoms with Crippen LogP contribution in [0.2, 0.25) is 0 Å². The van der Waals surface area contributed by atoms with Gasteiger partial charge in [-0.2, -0.15) is 17.0 Å². The molecule has 1 aromatic carbocycles. The highest BCUT2D eigenvalue weighted by atomic mass is 35.5. The Labute approximate surface area is 163 Å². The van der Waals surface area contributed by atoms with Gasteiger partial charge in [0.2, 0.25) is 0 Å². The summed E-state index contributed by atoms with van der Waals surface area (Å²) in [5, 5.41) is 8.62. The summed E-state index contributed by atoms with van der Waals surface area (Å²) in [5.74, 6) is -8.26. The van der Waals surface area contributed by atoms with Gasteiger partial charge >= 0.3 is 5.97 Å². The van der Waals surface area contributed by atoms with Crippen molar-refractivity contribution < 1.29 is 27.1 Å². The van der Waals surface area contributed by atoms with E-state index in [0.29, 0.717) is 0 Å². The largest absolute Gasteiger partial charge is 0.460 e. The maximum Gasteiger partial charge on any atom is 0.310 e. The van der Waals surface area contributed by atoms with E-state index in [1.54, 1.807) is 19.9 Å². The van der Waals surface area contributed by atoms with Crippen LogP contribution in [-0.4, -0.2) is 12.2 Å². The van der Waals surface area contributed by atoms with E-state index in [1.807, 2.05) is 0 Å². The van der Waals surface area contributed by atoms with Gasteiger partial charge in [-0.25, -0.2) is 17.6 Å². The third kappa shape index (κ3) is 4.09. The summed E-state index contributed by atoms with van der Waals surface area (Å²) in [6, 6.07) is 1.72. The third-order valence-electron chi connectivity index (χ3n) is 4.69. The Kier molecular flexibility index (Phi) is 6.48. The van der Waals surface area contributed by atoms with E-state index in [2.05, 4.69) is 0 Å². The summed E-state index contributed by atoms with van der Waals surface area (Å²) >= 11 is 6.66. The number of allylic oxidation sites excluding steroid dienone is 2. The number of hydrogen-bond donors (Lipinski definition) is 0. The Balaban J connectivity index is 2.18. The van der Waals surface area contributed by atoms with Crippen molar-refractivity contribution in [3.05, 3.63) is 45.5 Å². The average Bonchev–Trinajstić information content (AvgIpc) is 3.16. The molecule has 0 amide bonds. The molecule has 0 N–H and O–H groups in total. The highest BCUT2D eigenvalue weighted by Crippen LogP contribution is 2.60. The predicted octanol–water partition coefficient (Wildman–Crippen LogP) is 5.07. The molecule has 1 aliphatic rings. The number of benzene rings is 1. The number of thioether (sulfide) groups is 1. The number of esters is 1. The van der Waals surface area contributed by atoms with Crippen LogP contribution in [0.1, 0.15) is 25.0 Å².